The Morgan fingerprint density at radius 3 is 2.29 bits per heavy atom. The summed E-state index contributed by atoms with van der Waals surface area (Å²) in [5.41, 5.74) is 6.66. The van der Waals surface area contributed by atoms with Crippen LogP contribution in [0.15, 0.2) is 30.3 Å². The summed E-state index contributed by atoms with van der Waals surface area (Å²) in [6.45, 7) is 14.4. The fraction of sp³-hybridized carbons (Fsp3) is 0.409. The van der Waals surface area contributed by atoms with Gasteiger partial charge >= 0.3 is 0 Å². The third kappa shape index (κ3) is 4.05. The first kappa shape index (κ1) is 20.0. The fourth-order valence-electron chi connectivity index (χ4n) is 2.83. The smallest absolute Gasteiger partial charge is 0.160 e. The zero-order valence-electron chi connectivity index (χ0n) is 16.1. The largest absolute Gasteiger partial charge is 0.488 e. The highest BCUT2D eigenvalue weighted by Crippen LogP contribution is 2.39. The molecule has 0 saturated carbocycles. The summed E-state index contributed by atoms with van der Waals surface area (Å²) in [6, 6.07) is 10.5. The van der Waals surface area contributed by atoms with Crippen LogP contribution >= 0.6 is 0 Å². The second kappa shape index (κ2) is 9.27. The number of carbonyl (C=O) groups is 1. The standard InChI is InChI=1S/C18H18O2.2C2H6/c1-4-13-8-17-15-6-5-11(2)7-14(15)10-20-18(17)9-16(13)12(3)19;2*1-2/h5-9H,4,10H2,1-3H3;2*1-2H3. The van der Waals surface area contributed by atoms with E-state index in [9.17, 15) is 4.79 Å². The Bertz CT molecular complexity index is 699. The molecule has 0 radical (unpaired) electrons. The highest BCUT2D eigenvalue weighted by Gasteiger charge is 2.20. The molecule has 0 N–H and O–H groups in total. The molecule has 2 aromatic rings. The Morgan fingerprint density at radius 2 is 1.71 bits per heavy atom. The Morgan fingerprint density at radius 1 is 1.04 bits per heavy atom. The van der Waals surface area contributed by atoms with Gasteiger partial charge in [0.1, 0.15) is 12.4 Å². The third-order valence-electron chi connectivity index (χ3n) is 3.90. The van der Waals surface area contributed by atoms with Gasteiger partial charge in [-0.15, -0.1) is 0 Å². The molecular weight excluding hydrogens is 296 g/mol. The van der Waals surface area contributed by atoms with E-state index in [1.807, 2.05) is 33.8 Å². The van der Waals surface area contributed by atoms with Crippen molar-refractivity contribution in [2.24, 2.45) is 0 Å². The first-order valence-corrected chi connectivity index (χ1v) is 9.00. The number of fused-ring (bicyclic) bond motifs is 3. The number of hydrogen-bond donors (Lipinski definition) is 0. The Kier molecular flexibility index (Phi) is 7.70. The highest BCUT2D eigenvalue weighted by atomic mass is 16.5. The average molecular weight is 326 g/mol. The van der Waals surface area contributed by atoms with E-state index in [2.05, 4.69) is 38.1 Å². The SMILES string of the molecule is CC.CC.CCc1cc2c(cc1C(C)=O)OCc1cc(C)ccc1-2. The van der Waals surface area contributed by atoms with Crippen molar-refractivity contribution >= 4 is 5.78 Å². The van der Waals surface area contributed by atoms with Crippen molar-refractivity contribution in [1.82, 2.24) is 0 Å². The molecular formula is C22H30O2. The van der Waals surface area contributed by atoms with Gasteiger partial charge in [-0.25, -0.2) is 0 Å². The maximum absolute atomic E-state index is 11.7. The minimum Gasteiger partial charge on any atom is -0.488 e. The number of aryl methyl sites for hydroxylation is 2. The molecule has 130 valence electrons. The van der Waals surface area contributed by atoms with Crippen molar-refractivity contribution in [3.05, 3.63) is 52.6 Å². The molecule has 2 nitrogen and oxygen atoms in total. The predicted molar refractivity (Wildman–Crippen MR) is 103 cm³/mol. The van der Waals surface area contributed by atoms with Crippen LogP contribution in [0.3, 0.4) is 0 Å². The van der Waals surface area contributed by atoms with E-state index in [1.165, 1.54) is 16.7 Å². The summed E-state index contributed by atoms with van der Waals surface area (Å²) in [5, 5.41) is 0. The van der Waals surface area contributed by atoms with Crippen LogP contribution in [0.1, 0.15) is 68.6 Å². The number of rotatable bonds is 2. The normalized spacial score (nSPS) is 10.8. The first-order chi connectivity index (χ1) is 11.6. The van der Waals surface area contributed by atoms with Crippen LogP contribution in [0.4, 0.5) is 0 Å². The van der Waals surface area contributed by atoms with Gasteiger partial charge in [-0.3, -0.25) is 4.79 Å². The van der Waals surface area contributed by atoms with Crippen molar-refractivity contribution in [1.29, 1.82) is 0 Å². The van der Waals surface area contributed by atoms with Crippen LogP contribution in [0, 0.1) is 6.92 Å². The molecule has 2 heteroatoms. The van der Waals surface area contributed by atoms with Crippen molar-refractivity contribution in [3.8, 4) is 16.9 Å². The van der Waals surface area contributed by atoms with Crippen molar-refractivity contribution < 1.29 is 9.53 Å². The molecule has 0 spiro atoms. The van der Waals surface area contributed by atoms with Crippen molar-refractivity contribution in [2.75, 3.05) is 0 Å². The van der Waals surface area contributed by atoms with Gasteiger partial charge in [0.05, 0.1) is 0 Å². The van der Waals surface area contributed by atoms with Gasteiger partial charge < -0.3 is 4.74 Å². The van der Waals surface area contributed by atoms with Crippen LogP contribution in [0.2, 0.25) is 0 Å². The van der Waals surface area contributed by atoms with E-state index in [1.54, 1.807) is 6.92 Å². The Balaban J connectivity index is 0.000000671. The van der Waals surface area contributed by atoms with Crippen LogP contribution in [0.5, 0.6) is 5.75 Å². The second-order valence-electron chi connectivity index (χ2n) is 5.36. The lowest BCUT2D eigenvalue weighted by atomic mass is 9.91. The van der Waals surface area contributed by atoms with Gasteiger partial charge in [0.2, 0.25) is 0 Å². The van der Waals surface area contributed by atoms with Crippen molar-refractivity contribution in [2.45, 2.75) is 61.5 Å². The maximum atomic E-state index is 11.7. The molecule has 0 atom stereocenters. The molecule has 1 heterocycles. The molecule has 3 rings (SSSR count). The van der Waals surface area contributed by atoms with Crippen LogP contribution < -0.4 is 4.74 Å². The molecule has 1 aliphatic heterocycles. The average Bonchev–Trinajstić information content (AvgIpc) is 2.63. The van der Waals surface area contributed by atoms with Crippen LogP contribution in [-0.4, -0.2) is 5.78 Å². The topological polar surface area (TPSA) is 26.3 Å². The number of Topliss-reactive ketones (excluding diaryl/α,β-unsaturated/α-hetero) is 1. The minimum atomic E-state index is 0.1000. The number of hydrogen-bond acceptors (Lipinski definition) is 2. The van der Waals surface area contributed by atoms with Gasteiger partial charge in [0.15, 0.2) is 5.78 Å². The summed E-state index contributed by atoms with van der Waals surface area (Å²) in [6.07, 6.45) is 0.851. The summed E-state index contributed by atoms with van der Waals surface area (Å²) in [5.74, 6) is 0.923. The predicted octanol–water partition coefficient (Wildman–Crippen LogP) is 6.37. The third-order valence-corrected chi connectivity index (χ3v) is 3.90. The molecule has 1 aliphatic rings. The minimum absolute atomic E-state index is 0.1000. The van der Waals surface area contributed by atoms with E-state index in [4.69, 9.17) is 4.74 Å². The molecule has 0 aliphatic carbocycles. The zero-order valence-corrected chi connectivity index (χ0v) is 16.1. The van der Waals surface area contributed by atoms with Gasteiger partial charge in [-0.05, 0) is 49.1 Å². The van der Waals surface area contributed by atoms with Gasteiger partial charge in [0.25, 0.3) is 0 Å². The number of ether oxygens (including phenoxy) is 1. The quantitative estimate of drug-likeness (QED) is 0.599. The lowest BCUT2D eigenvalue weighted by Gasteiger charge is -2.23. The van der Waals surface area contributed by atoms with Crippen LogP contribution in [0.25, 0.3) is 11.1 Å². The maximum Gasteiger partial charge on any atom is 0.160 e. The molecule has 0 bridgehead atoms. The molecule has 2 aromatic carbocycles. The Labute approximate surface area is 146 Å². The first-order valence-electron chi connectivity index (χ1n) is 9.00. The molecule has 0 saturated heterocycles. The van der Waals surface area contributed by atoms with Gasteiger partial charge in [-0.2, -0.15) is 0 Å². The summed E-state index contributed by atoms with van der Waals surface area (Å²) in [7, 11) is 0. The molecule has 24 heavy (non-hydrogen) atoms. The lowest BCUT2D eigenvalue weighted by Crippen LogP contribution is -2.09. The van der Waals surface area contributed by atoms with Crippen LogP contribution in [-0.2, 0) is 13.0 Å². The van der Waals surface area contributed by atoms with Gasteiger partial charge in [0, 0.05) is 11.1 Å². The number of benzene rings is 2. The number of carbonyl (C=O) groups excluding carboxylic acids is 1. The summed E-state index contributed by atoms with van der Waals surface area (Å²) >= 11 is 0. The van der Waals surface area contributed by atoms with E-state index in [0.717, 1.165) is 28.9 Å². The molecule has 0 amide bonds. The lowest BCUT2D eigenvalue weighted by molar-refractivity contribution is 0.101. The summed E-state index contributed by atoms with van der Waals surface area (Å²) < 4.78 is 5.84. The monoisotopic (exact) mass is 326 g/mol. The number of ketones is 1. The molecule has 0 unspecified atom stereocenters. The van der Waals surface area contributed by atoms with E-state index >= 15 is 0 Å². The molecule has 0 aromatic heterocycles. The van der Waals surface area contributed by atoms with E-state index in [0.29, 0.717) is 6.61 Å². The Hall–Kier alpha value is -2.09. The highest BCUT2D eigenvalue weighted by molar-refractivity contribution is 5.97. The zero-order chi connectivity index (χ0) is 18.3. The second-order valence-corrected chi connectivity index (χ2v) is 5.36. The van der Waals surface area contributed by atoms with E-state index < -0.39 is 0 Å². The summed E-state index contributed by atoms with van der Waals surface area (Å²) in [4.78, 5) is 11.7. The van der Waals surface area contributed by atoms with E-state index in [-0.39, 0.29) is 5.78 Å². The van der Waals surface area contributed by atoms with Gasteiger partial charge in [-0.1, -0.05) is 58.4 Å². The molecule has 0 fully saturated rings. The van der Waals surface area contributed by atoms with Crippen molar-refractivity contribution in [3.63, 3.8) is 0 Å². The fourth-order valence-corrected chi connectivity index (χ4v) is 2.83.